The van der Waals surface area contributed by atoms with Crippen LogP contribution in [0, 0.1) is 18.3 Å². The Morgan fingerprint density at radius 1 is 1.10 bits per heavy atom. The summed E-state index contributed by atoms with van der Waals surface area (Å²) in [6.07, 6.45) is 1.94. The molecule has 41 heavy (non-hydrogen) atoms. The number of hydrogen-bond donors (Lipinski definition) is 3. The van der Waals surface area contributed by atoms with Crippen LogP contribution in [0.4, 0.5) is 22.0 Å². The molecule has 3 fully saturated rings. The maximum absolute atomic E-state index is 12.7. The minimum Gasteiger partial charge on any atom is -0.352 e. The number of amides is 2. The van der Waals surface area contributed by atoms with E-state index in [1.165, 1.54) is 26.2 Å². The van der Waals surface area contributed by atoms with Gasteiger partial charge in [-0.3, -0.25) is 9.59 Å². The third kappa shape index (κ3) is 8.70. The van der Waals surface area contributed by atoms with Crippen molar-refractivity contribution in [3.05, 3.63) is 41.5 Å². The molecular weight excluding hydrogens is 551 g/mol. The summed E-state index contributed by atoms with van der Waals surface area (Å²) in [6.45, 7) is 1.89. The van der Waals surface area contributed by atoms with Gasteiger partial charge in [-0.05, 0) is 55.0 Å². The smallest absolute Gasteiger partial charge is 0.352 e. The zero-order valence-corrected chi connectivity index (χ0v) is 22.6. The Balaban J connectivity index is 0.000000172. The topological polar surface area (TPSA) is 126 Å². The largest absolute Gasteiger partial charge is 0.394 e. The van der Waals surface area contributed by atoms with E-state index in [4.69, 9.17) is 0 Å². The number of benzene rings is 1. The zero-order valence-electron chi connectivity index (χ0n) is 22.6. The molecule has 2 amide bonds. The number of carbonyl (C=O) groups excluding carboxylic acids is 2. The molecule has 9 nitrogen and oxygen atoms in total. The second-order valence-corrected chi connectivity index (χ2v) is 10.9. The van der Waals surface area contributed by atoms with Crippen LogP contribution in [0.2, 0.25) is 0 Å². The molecular formula is C27H33F5N6O3. The van der Waals surface area contributed by atoms with Crippen LogP contribution in [0.3, 0.4) is 0 Å². The molecule has 224 valence electrons. The predicted octanol–water partition coefficient (Wildman–Crippen LogP) is 5.63. The number of nitrogens with one attached hydrogen (secondary N) is 3. The van der Waals surface area contributed by atoms with Crippen molar-refractivity contribution in [1.82, 2.24) is 30.9 Å². The number of aromatic amines is 1. The number of alkyl halides is 5. The van der Waals surface area contributed by atoms with Crippen LogP contribution in [0.25, 0.3) is 11.0 Å². The lowest BCUT2D eigenvalue weighted by molar-refractivity contribution is -0.188. The molecule has 3 aliphatic rings. The van der Waals surface area contributed by atoms with Gasteiger partial charge in [0.2, 0.25) is 11.8 Å². The van der Waals surface area contributed by atoms with Gasteiger partial charge in [-0.2, -0.15) is 13.2 Å². The number of hydrogen-bond acceptors (Lipinski definition) is 6. The van der Waals surface area contributed by atoms with Gasteiger partial charge in [-0.1, -0.05) is 30.5 Å². The first-order valence-corrected chi connectivity index (χ1v) is 13.6. The third-order valence-corrected chi connectivity index (χ3v) is 7.19. The molecule has 0 atom stereocenters. The molecule has 1 aromatic carbocycles. The van der Waals surface area contributed by atoms with Crippen LogP contribution in [-0.4, -0.2) is 50.7 Å². The van der Waals surface area contributed by atoms with Crippen molar-refractivity contribution >= 4 is 22.8 Å². The highest BCUT2D eigenvalue weighted by Gasteiger charge is 2.62. The van der Waals surface area contributed by atoms with Crippen LogP contribution in [0.5, 0.6) is 0 Å². The number of imidazole rings is 1. The van der Waals surface area contributed by atoms with E-state index < -0.39 is 23.4 Å². The Morgan fingerprint density at radius 3 is 2.37 bits per heavy atom. The van der Waals surface area contributed by atoms with Gasteiger partial charge in [0.15, 0.2) is 5.69 Å². The Labute approximate surface area is 233 Å². The van der Waals surface area contributed by atoms with E-state index in [1.807, 2.05) is 18.2 Å². The van der Waals surface area contributed by atoms with Crippen molar-refractivity contribution in [2.45, 2.75) is 83.4 Å². The minimum atomic E-state index is -4.19. The summed E-state index contributed by atoms with van der Waals surface area (Å²) < 4.78 is 67.5. The van der Waals surface area contributed by atoms with Crippen LogP contribution in [-0.2, 0) is 11.3 Å². The molecule has 2 aromatic heterocycles. The van der Waals surface area contributed by atoms with Crippen LogP contribution in [0.15, 0.2) is 29.2 Å². The first kappa shape index (κ1) is 30.4. The third-order valence-electron chi connectivity index (χ3n) is 7.19. The van der Waals surface area contributed by atoms with Gasteiger partial charge in [-0.15, -0.1) is 0 Å². The fourth-order valence-corrected chi connectivity index (χ4v) is 4.32. The normalized spacial score (nSPS) is 18.2. The van der Waals surface area contributed by atoms with Crippen molar-refractivity contribution in [2.24, 2.45) is 11.3 Å². The van der Waals surface area contributed by atoms with Crippen molar-refractivity contribution in [1.29, 1.82) is 0 Å². The highest BCUT2D eigenvalue weighted by Crippen LogP contribution is 2.59. The highest BCUT2D eigenvalue weighted by atomic mass is 19.4. The molecule has 0 bridgehead atoms. The summed E-state index contributed by atoms with van der Waals surface area (Å²) in [5, 5.41) is 12.0. The number of H-pyrrole nitrogens is 1. The maximum atomic E-state index is 12.7. The fraction of sp³-hybridized carbons (Fsp3) is 0.593. The van der Waals surface area contributed by atoms with Crippen molar-refractivity contribution in [3.8, 4) is 0 Å². The maximum Gasteiger partial charge on any atom is 0.394 e. The molecule has 3 saturated carbocycles. The Morgan fingerprint density at radius 2 is 1.80 bits per heavy atom. The van der Waals surface area contributed by atoms with Gasteiger partial charge in [0.25, 0.3) is 5.91 Å². The first-order chi connectivity index (χ1) is 19.4. The first-order valence-electron chi connectivity index (χ1n) is 13.6. The lowest BCUT2D eigenvalue weighted by atomic mass is 9.79. The molecule has 14 heteroatoms. The quantitative estimate of drug-likeness (QED) is 0.295. The van der Waals surface area contributed by atoms with Gasteiger partial charge < -0.3 is 15.6 Å². The van der Waals surface area contributed by atoms with Crippen molar-refractivity contribution in [3.63, 3.8) is 0 Å². The van der Waals surface area contributed by atoms with Gasteiger partial charge in [0.1, 0.15) is 5.69 Å². The van der Waals surface area contributed by atoms with Crippen LogP contribution in [0.1, 0.15) is 79.5 Å². The van der Waals surface area contributed by atoms with E-state index in [9.17, 15) is 31.5 Å². The zero-order chi connectivity index (χ0) is 29.7. The molecule has 3 aromatic rings. The number of nitrogens with zero attached hydrogens (tertiary/aromatic N) is 3. The van der Waals surface area contributed by atoms with Gasteiger partial charge in [0, 0.05) is 32.4 Å². The molecule has 0 saturated heterocycles. The highest BCUT2D eigenvalue weighted by molar-refractivity contribution is 5.92. The van der Waals surface area contributed by atoms with Gasteiger partial charge in [0.05, 0.1) is 22.8 Å². The van der Waals surface area contributed by atoms with Gasteiger partial charge in [-0.25, -0.2) is 18.4 Å². The molecule has 2 heterocycles. The van der Waals surface area contributed by atoms with Crippen LogP contribution >= 0.6 is 0 Å². The standard InChI is InChI=1S/C14H15F2N3O.C10H12F3N3O2.C3H6/c15-14(16)5-10(6-14)4-13(20)17-7-9-1-2-11-12(3-9)19-8-18-11;1-6-7(16-18-15-6)8(17)14-5-4-9(2-3-9)10(11,12)13;1-2-3-1/h1-3,8,10H,4-7H2,(H,17,20)(H,18,19);2-5H2,1H3,(H,14,17);1-3H2. The summed E-state index contributed by atoms with van der Waals surface area (Å²) >= 11 is 0. The van der Waals surface area contributed by atoms with E-state index >= 15 is 0 Å². The second-order valence-electron chi connectivity index (χ2n) is 10.9. The molecule has 0 spiro atoms. The summed E-state index contributed by atoms with van der Waals surface area (Å²) in [4.78, 5) is 30.3. The number of rotatable bonds is 8. The van der Waals surface area contributed by atoms with E-state index in [0.29, 0.717) is 12.2 Å². The summed E-state index contributed by atoms with van der Waals surface area (Å²) in [5.41, 5.74) is 1.45. The molecule has 6 rings (SSSR count). The van der Waals surface area contributed by atoms with E-state index in [1.54, 1.807) is 6.33 Å². The van der Waals surface area contributed by atoms with Crippen LogP contribution < -0.4 is 10.6 Å². The Kier molecular flexibility index (Phi) is 9.27. The van der Waals surface area contributed by atoms with E-state index in [0.717, 1.165) is 16.6 Å². The van der Waals surface area contributed by atoms with Gasteiger partial charge >= 0.3 is 6.18 Å². The average molecular weight is 585 g/mol. The molecule has 0 unspecified atom stereocenters. The number of aromatic nitrogens is 4. The number of carbonyl (C=O) groups is 2. The Bertz CT molecular complexity index is 1320. The lowest BCUT2D eigenvalue weighted by Crippen LogP contribution is -2.38. The van der Waals surface area contributed by atoms with E-state index in [2.05, 4.69) is 35.5 Å². The van der Waals surface area contributed by atoms with Crippen molar-refractivity contribution in [2.75, 3.05) is 6.54 Å². The minimum absolute atomic E-state index is 0.00635. The fourth-order valence-electron chi connectivity index (χ4n) is 4.32. The number of aryl methyl sites for hydroxylation is 1. The monoisotopic (exact) mass is 584 g/mol. The second kappa shape index (κ2) is 12.5. The lowest BCUT2D eigenvalue weighted by Gasteiger charge is -2.34. The Hall–Kier alpha value is -3.58. The SMILES string of the molecule is C1CC1.Cc1nonc1C(=O)NCCC1(C(F)(F)F)CC1.O=C(CC1CC(F)(F)C1)NCc1ccc2nc[nH]c2c1. The van der Waals surface area contributed by atoms with Crippen molar-refractivity contribution < 1.29 is 36.2 Å². The molecule has 3 N–H and O–H groups in total. The average Bonchev–Trinajstić information content (AvgIpc) is 3.82. The summed E-state index contributed by atoms with van der Waals surface area (Å²) in [7, 11) is 0. The number of halogens is 5. The summed E-state index contributed by atoms with van der Waals surface area (Å²) in [6, 6.07) is 5.68. The number of fused-ring (bicyclic) bond motifs is 1. The summed E-state index contributed by atoms with van der Waals surface area (Å²) in [5.74, 6) is -3.47. The van der Waals surface area contributed by atoms with E-state index in [-0.39, 0.29) is 62.6 Å². The molecule has 0 radical (unpaired) electrons. The predicted molar refractivity (Wildman–Crippen MR) is 138 cm³/mol. The molecule has 0 aliphatic heterocycles. The molecule has 3 aliphatic carbocycles.